The summed E-state index contributed by atoms with van der Waals surface area (Å²) in [6.45, 7) is 7.27. The molecule has 7 heteroatoms. The van der Waals surface area contributed by atoms with Gasteiger partial charge in [0.15, 0.2) is 5.96 Å². The molecule has 4 N–H and O–H groups in total. The molecule has 1 saturated heterocycles. The number of piperidine rings is 1. The number of nitrogens with two attached hydrogens (primary N) is 1. The number of hydrogen-bond donors (Lipinski definition) is 3. The summed E-state index contributed by atoms with van der Waals surface area (Å²) in [7, 11) is 0. The number of halogens is 1. The third-order valence-electron chi connectivity index (χ3n) is 4.99. The molecule has 0 amide bonds. The molecule has 1 heterocycles. The molecule has 3 rings (SSSR count). The van der Waals surface area contributed by atoms with Crippen LogP contribution in [0.5, 0.6) is 5.75 Å². The summed E-state index contributed by atoms with van der Waals surface area (Å²) < 4.78 is 5.65. The lowest BCUT2D eigenvalue weighted by Gasteiger charge is -2.30. The topological polar surface area (TPSA) is 83.1 Å². The zero-order chi connectivity index (χ0) is 20.6. The molecule has 30 heavy (non-hydrogen) atoms. The number of nitrogens with zero attached hydrogens (tertiary/aromatic N) is 2. The minimum atomic E-state index is -0.150. The number of guanidine groups is 1. The first-order valence-electron chi connectivity index (χ1n) is 10.3. The van der Waals surface area contributed by atoms with E-state index in [-0.39, 0.29) is 36.2 Å². The van der Waals surface area contributed by atoms with Crippen molar-refractivity contribution in [3.05, 3.63) is 59.7 Å². The highest BCUT2D eigenvalue weighted by Gasteiger charge is 2.17. The molecule has 0 aliphatic carbocycles. The van der Waals surface area contributed by atoms with Crippen molar-refractivity contribution in [2.45, 2.75) is 52.0 Å². The number of ether oxygens (including phenoxy) is 1. The van der Waals surface area contributed by atoms with E-state index in [0.717, 1.165) is 43.9 Å². The van der Waals surface area contributed by atoms with Crippen molar-refractivity contribution in [1.29, 1.82) is 0 Å². The second kappa shape index (κ2) is 12.1. The molecule has 0 unspecified atom stereocenters. The number of aliphatic hydroxyl groups excluding tert-OH is 1. The molecule has 164 valence electrons. The Bertz CT molecular complexity index is 803. The van der Waals surface area contributed by atoms with Gasteiger partial charge in [0.1, 0.15) is 5.75 Å². The van der Waals surface area contributed by atoms with E-state index in [9.17, 15) is 5.11 Å². The summed E-state index contributed by atoms with van der Waals surface area (Å²) in [6, 6.07) is 16.0. The first-order valence-corrected chi connectivity index (χ1v) is 10.3. The number of hydrogen-bond acceptors (Lipinski definition) is 4. The molecular formula is C23H33IN4O2. The van der Waals surface area contributed by atoms with Crippen LogP contribution in [-0.4, -0.2) is 41.3 Å². The molecule has 1 aliphatic heterocycles. The Morgan fingerprint density at radius 1 is 1.13 bits per heavy atom. The number of anilines is 1. The van der Waals surface area contributed by atoms with Gasteiger partial charge in [-0.05, 0) is 62.1 Å². The lowest BCUT2D eigenvalue weighted by molar-refractivity contribution is 0.0791. The summed E-state index contributed by atoms with van der Waals surface area (Å²) in [6.07, 6.45) is 1.69. The SMILES string of the molecule is CC(C)Oc1ccc(NC(N)=NCc2ccccc2CN2CCC(O)CC2)cc1.I. The Morgan fingerprint density at radius 3 is 2.40 bits per heavy atom. The largest absolute Gasteiger partial charge is 0.491 e. The first-order chi connectivity index (χ1) is 14.0. The zero-order valence-corrected chi connectivity index (χ0v) is 20.1. The summed E-state index contributed by atoms with van der Waals surface area (Å²) in [5, 5.41) is 12.8. The second-order valence-electron chi connectivity index (χ2n) is 7.79. The van der Waals surface area contributed by atoms with E-state index in [1.807, 2.05) is 44.2 Å². The average Bonchev–Trinajstić information content (AvgIpc) is 2.70. The molecular weight excluding hydrogens is 491 g/mol. The van der Waals surface area contributed by atoms with Gasteiger partial charge in [0.25, 0.3) is 0 Å². The van der Waals surface area contributed by atoms with Crippen molar-refractivity contribution in [2.24, 2.45) is 10.7 Å². The zero-order valence-electron chi connectivity index (χ0n) is 17.8. The minimum absolute atomic E-state index is 0. The third kappa shape index (κ3) is 7.77. The summed E-state index contributed by atoms with van der Waals surface area (Å²) in [5.74, 6) is 1.22. The monoisotopic (exact) mass is 524 g/mol. The number of aliphatic imine (C=N–C) groups is 1. The van der Waals surface area contributed by atoms with E-state index in [0.29, 0.717) is 12.5 Å². The van der Waals surface area contributed by atoms with Crippen LogP contribution in [0.3, 0.4) is 0 Å². The maximum atomic E-state index is 9.70. The van der Waals surface area contributed by atoms with Crippen LogP contribution >= 0.6 is 24.0 Å². The van der Waals surface area contributed by atoms with E-state index in [1.54, 1.807) is 0 Å². The smallest absolute Gasteiger partial charge is 0.193 e. The van der Waals surface area contributed by atoms with Gasteiger partial charge in [-0.3, -0.25) is 4.90 Å². The van der Waals surface area contributed by atoms with Crippen LogP contribution in [0.25, 0.3) is 0 Å². The predicted molar refractivity (Wildman–Crippen MR) is 134 cm³/mol. The normalized spacial score (nSPS) is 15.7. The van der Waals surface area contributed by atoms with Crippen LogP contribution in [0, 0.1) is 0 Å². The second-order valence-corrected chi connectivity index (χ2v) is 7.79. The van der Waals surface area contributed by atoms with E-state index < -0.39 is 0 Å². The van der Waals surface area contributed by atoms with Crippen LogP contribution in [0.1, 0.15) is 37.8 Å². The fourth-order valence-corrected chi connectivity index (χ4v) is 3.43. The first kappa shape index (κ1) is 24.4. The van der Waals surface area contributed by atoms with Crippen molar-refractivity contribution in [3.63, 3.8) is 0 Å². The average molecular weight is 524 g/mol. The lowest BCUT2D eigenvalue weighted by Crippen LogP contribution is -2.35. The maximum absolute atomic E-state index is 9.70. The standard InChI is InChI=1S/C23H32N4O2.HI/c1-17(2)29-22-9-7-20(8-10-22)26-23(24)25-15-18-5-3-4-6-19(18)16-27-13-11-21(28)12-14-27;/h3-10,17,21,28H,11-16H2,1-2H3,(H3,24,25,26);1H. The molecule has 2 aromatic carbocycles. The van der Waals surface area contributed by atoms with Crippen molar-refractivity contribution in [1.82, 2.24) is 4.90 Å². The fourth-order valence-electron chi connectivity index (χ4n) is 3.43. The third-order valence-corrected chi connectivity index (χ3v) is 4.99. The van der Waals surface area contributed by atoms with Gasteiger partial charge < -0.3 is 20.9 Å². The van der Waals surface area contributed by atoms with E-state index >= 15 is 0 Å². The van der Waals surface area contributed by atoms with Crippen LogP contribution < -0.4 is 15.8 Å². The number of benzene rings is 2. The number of likely N-dealkylation sites (tertiary alicyclic amines) is 1. The molecule has 0 atom stereocenters. The summed E-state index contributed by atoms with van der Waals surface area (Å²) >= 11 is 0. The predicted octanol–water partition coefficient (Wildman–Crippen LogP) is 3.98. The maximum Gasteiger partial charge on any atom is 0.193 e. The molecule has 0 saturated carbocycles. The van der Waals surface area contributed by atoms with Crippen LogP contribution in [0.2, 0.25) is 0 Å². The Labute approximate surface area is 196 Å². The van der Waals surface area contributed by atoms with E-state index in [1.165, 1.54) is 11.1 Å². The van der Waals surface area contributed by atoms with Gasteiger partial charge in [-0.2, -0.15) is 0 Å². The molecule has 0 bridgehead atoms. The molecule has 2 aromatic rings. The summed E-state index contributed by atoms with van der Waals surface area (Å²) in [5.41, 5.74) is 9.40. The Kier molecular flexibility index (Phi) is 9.87. The van der Waals surface area contributed by atoms with Crippen molar-refractivity contribution in [3.8, 4) is 5.75 Å². The van der Waals surface area contributed by atoms with Crippen molar-refractivity contribution >= 4 is 35.6 Å². The summed E-state index contributed by atoms with van der Waals surface area (Å²) in [4.78, 5) is 6.91. The van der Waals surface area contributed by atoms with Crippen molar-refractivity contribution in [2.75, 3.05) is 18.4 Å². The molecule has 6 nitrogen and oxygen atoms in total. The lowest BCUT2D eigenvalue weighted by atomic mass is 10.0. The van der Waals surface area contributed by atoms with Crippen LogP contribution in [-0.2, 0) is 13.1 Å². The van der Waals surface area contributed by atoms with Gasteiger partial charge >= 0.3 is 0 Å². The quantitative estimate of drug-likeness (QED) is 0.290. The van der Waals surface area contributed by atoms with Crippen molar-refractivity contribution < 1.29 is 9.84 Å². The molecule has 0 aromatic heterocycles. The number of rotatable bonds is 7. The molecule has 1 fully saturated rings. The highest BCUT2D eigenvalue weighted by Crippen LogP contribution is 2.18. The van der Waals surface area contributed by atoms with Gasteiger partial charge in [0, 0.05) is 25.3 Å². The Morgan fingerprint density at radius 2 is 1.77 bits per heavy atom. The fraction of sp³-hybridized carbons (Fsp3) is 0.435. The van der Waals surface area contributed by atoms with Gasteiger partial charge in [-0.25, -0.2) is 4.99 Å². The molecule has 0 spiro atoms. The number of nitrogens with one attached hydrogen (secondary N) is 1. The highest BCUT2D eigenvalue weighted by atomic mass is 127. The van der Waals surface area contributed by atoms with Crippen LogP contribution in [0.4, 0.5) is 5.69 Å². The Balaban J connectivity index is 0.00000320. The van der Waals surface area contributed by atoms with E-state index in [2.05, 4.69) is 33.4 Å². The highest BCUT2D eigenvalue weighted by molar-refractivity contribution is 14.0. The molecule has 0 radical (unpaired) electrons. The van der Waals surface area contributed by atoms with Crippen LogP contribution in [0.15, 0.2) is 53.5 Å². The number of aliphatic hydroxyl groups is 1. The minimum Gasteiger partial charge on any atom is -0.491 e. The Hall–Kier alpha value is -1.84. The van der Waals surface area contributed by atoms with Gasteiger partial charge in [-0.1, -0.05) is 24.3 Å². The van der Waals surface area contributed by atoms with Gasteiger partial charge in [-0.15, -0.1) is 24.0 Å². The molecule has 1 aliphatic rings. The van der Waals surface area contributed by atoms with Gasteiger partial charge in [0.2, 0.25) is 0 Å². The van der Waals surface area contributed by atoms with Gasteiger partial charge in [0.05, 0.1) is 18.8 Å². The van der Waals surface area contributed by atoms with E-state index in [4.69, 9.17) is 10.5 Å².